The number of anilines is 1. The van der Waals surface area contributed by atoms with Gasteiger partial charge in [0, 0.05) is 25.4 Å². The van der Waals surface area contributed by atoms with E-state index in [1.54, 1.807) is 36.0 Å². The van der Waals surface area contributed by atoms with Gasteiger partial charge in [0.15, 0.2) is 0 Å². The predicted octanol–water partition coefficient (Wildman–Crippen LogP) is 2.04. The van der Waals surface area contributed by atoms with E-state index in [9.17, 15) is 9.59 Å². The van der Waals surface area contributed by atoms with Gasteiger partial charge in [0.2, 0.25) is 5.91 Å². The lowest BCUT2D eigenvalue weighted by molar-refractivity contribution is -0.113. The zero-order valence-electron chi connectivity index (χ0n) is 14.2. The molecule has 1 heterocycles. The summed E-state index contributed by atoms with van der Waals surface area (Å²) in [4.78, 5) is 24.2. The molecule has 1 atom stereocenters. The molecule has 4 N–H and O–H groups in total. The summed E-state index contributed by atoms with van der Waals surface area (Å²) in [5.41, 5.74) is 6.36. The van der Waals surface area contributed by atoms with Gasteiger partial charge in [-0.15, -0.1) is 24.2 Å². The third-order valence-corrected chi connectivity index (χ3v) is 4.76. The molecule has 1 aliphatic rings. The number of thioether (sulfide) groups is 1. The van der Waals surface area contributed by atoms with Crippen molar-refractivity contribution in [3.63, 3.8) is 0 Å². The topological polar surface area (TPSA) is 93.5 Å². The monoisotopic (exact) mass is 387 g/mol. The van der Waals surface area contributed by atoms with E-state index < -0.39 is 0 Å². The second kappa shape index (κ2) is 12.1. The van der Waals surface area contributed by atoms with Crippen LogP contribution in [0.25, 0.3) is 0 Å². The van der Waals surface area contributed by atoms with Gasteiger partial charge in [-0.25, -0.2) is 0 Å². The van der Waals surface area contributed by atoms with E-state index in [0.29, 0.717) is 30.1 Å². The molecule has 2 amide bonds. The Hall–Kier alpha value is -1.28. The molecule has 0 saturated carbocycles. The standard InChI is InChI=1S/C17H25N3O3S.ClH/c18-8-9-19-17(22)14-6-1-2-7-15(14)20-16(21)12-24-11-13-5-3-4-10-23-13;/h1-2,6-7,13H,3-5,8-12,18H2,(H,19,22)(H,20,21);1H. The first-order chi connectivity index (χ1) is 11.7. The highest BCUT2D eigenvalue weighted by molar-refractivity contribution is 8.00. The molecule has 0 spiro atoms. The lowest BCUT2D eigenvalue weighted by Crippen LogP contribution is -2.30. The summed E-state index contributed by atoms with van der Waals surface area (Å²) >= 11 is 1.56. The third kappa shape index (κ3) is 7.64. The van der Waals surface area contributed by atoms with Crippen LogP contribution in [0.1, 0.15) is 29.6 Å². The predicted molar refractivity (Wildman–Crippen MR) is 105 cm³/mol. The highest BCUT2D eigenvalue weighted by Gasteiger charge is 2.16. The summed E-state index contributed by atoms with van der Waals surface area (Å²) in [5.74, 6) is 0.819. The van der Waals surface area contributed by atoms with E-state index in [-0.39, 0.29) is 30.3 Å². The normalized spacial score (nSPS) is 16.6. The maximum absolute atomic E-state index is 12.1. The van der Waals surface area contributed by atoms with E-state index >= 15 is 0 Å². The van der Waals surface area contributed by atoms with Crippen LogP contribution in [0.3, 0.4) is 0 Å². The van der Waals surface area contributed by atoms with E-state index in [4.69, 9.17) is 10.5 Å². The number of hydrogen-bond donors (Lipinski definition) is 3. The van der Waals surface area contributed by atoms with Crippen molar-refractivity contribution >= 4 is 41.7 Å². The van der Waals surface area contributed by atoms with Crippen molar-refractivity contribution in [2.45, 2.75) is 25.4 Å². The number of carbonyl (C=O) groups is 2. The van der Waals surface area contributed by atoms with Gasteiger partial charge < -0.3 is 21.1 Å². The molecule has 1 fully saturated rings. The quantitative estimate of drug-likeness (QED) is 0.634. The van der Waals surface area contributed by atoms with E-state index in [1.807, 2.05) is 0 Å². The fourth-order valence-electron chi connectivity index (χ4n) is 2.48. The van der Waals surface area contributed by atoms with E-state index in [0.717, 1.165) is 25.2 Å². The third-order valence-electron chi connectivity index (χ3n) is 3.69. The summed E-state index contributed by atoms with van der Waals surface area (Å²) in [6, 6.07) is 6.97. The van der Waals surface area contributed by atoms with Crippen molar-refractivity contribution in [3.8, 4) is 0 Å². The Morgan fingerprint density at radius 1 is 1.28 bits per heavy atom. The number of hydrogen-bond acceptors (Lipinski definition) is 5. The molecule has 0 radical (unpaired) electrons. The number of ether oxygens (including phenoxy) is 1. The fraction of sp³-hybridized carbons (Fsp3) is 0.529. The number of carbonyl (C=O) groups excluding carboxylic acids is 2. The summed E-state index contributed by atoms with van der Waals surface area (Å²) in [5, 5.41) is 5.52. The minimum absolute atomic E-state index is 0. The summed E-state index contributed by atoms with van der Waals surface area (Å²) in [6.07, 6.45) is 3.65. The molecule has 0 aliphatic carbocycles. The molecule has 1 aromatic rings. The summed E-state index contributed by atoms with van der Waals surface area (Å²) in [6.45, 7) is 1.60. The average molecular weight is 388 g/mol. The zero-order chi connectivity index (χ0) is 17.2. The molecular weight excluding hydrogens is 362 g/mol. The molecule has 1 aliphatic heterocycles. The van der Waals surface area contributed by atoms with Crippen LogP contribution < -0.4 is 16.4 Å². The van der Waals surface area contributed by atoms with Gasteiger partial charge in [-0.1, -0.05) is 12.1 Å². The SMILES string of the molecule is Cl.NCCNC(=O)c1ccccc1NC(=O)CSCC1CCCCO1. The zero-order valence-corrected chi connectivity index (χ0v) is 15.8. The molecule has 25 heavy (non-hydrogen) atoms. The Bertz CT molecular complexity index is 554. The Kier molecular flexibility index (Phi) is 10.6. The minimum atomic E-state index is -0.236. The molecular formula is C17H26ClN3O3S. The first kappa shape index (κ1) is 21.8. The van der Waals surface area contributed by atoms with Crippen LogP contribution in [0, 0.1) is 0 Å². The van der Waals surface area contributed by atoms with Gasteiger partial charge in [0.25, 0.3) is 5.91 Å². The number of nitrogens with one attached hydrogen (secondary N) is 2. The maximum Gasteiger partial charge on any atom is 0.253 e. The van der Waals surface area contributed by atoms with Crippen molar-refractivity contribution < 1.29 is 14.3 Å². The second-order valence-corrected chi connectivity index (χ2v) is 6.67. The summed E-state index contributed by atoms with van der Waals surface area (Å²) in [7, 11) is 0. The second-order valence-electron chi connectivity index (χ2n) is 5.64. The Morgan fingerprint density at radius 3 is 2.80 bits per heavy atom. The number of rotatable bonds is 8. The minimum Gasteiger partial charge on any atom is -0.377 e. The number of amides is 2. The molecule has 1 unspecified atom stereocenters. The lowest BCUT2D eigenvalue weighted by Gasteiger charge is -2.21. The number of benzene rings is 1. The highest BCUT2D eigenvalue weighted by atomic mass is 35.5. The fourth-order valence-corrected chi connectivity index (χ4v) is 3.38. The summed E-state index contributed by atoms with van der Waals surface area (Å²) < 4.78 is 5.65. The Balaban J connectivity index is 0.00000312. The van der Waals surface area contributed by atoms with Crippen molar-refractivity contribution in [2.75, 3.05) is 36.5 Å². The molecule has 1 saturated heterocycles. The van der Waals surface area contributed by atoms with Crippen LogP contribution >= 0.6 is 24.2 Å². The van der Waals surface area contributed by atoms with Crippen molar-refractivity contribution in [1.82, 2.24) is 5.32 Å². The van der Waals surface area contributed by atoms with E-state index in [2.05, 4.69) is 10.6 Å². The molecule has 8 heteroatoms. The average Bonchev–Trinajstić information content (AvgIpc) is 2.61. The van der Waals surface area contributed by atoms with Crippen LogP contribution in [0.4, 0.5) is 5.69 Å². The molecule has 6 nitrogen and oxygen atoms in total. The van der Waals surface area contributed by atoms with Gasteiger partial charge in [0.05, 0.1) is 23.1 Å². The maximum atomic E-state index is 12.1. The lowest BCUT2D eigenvalue weighted by atomic mass is 10.1. The largest absolute Gasteiger partial charge is 0.377 e. The first-order valence-corrected chi connectivity index (χ1v) is 9.42. The molecule has 0 aromatic heterocycles. The van der Waals surface area contributed by atoms with Crippen LogP contribution in [0.2, 0.25) is 0 Å². The molecule has 0 bridgehead atoms. The van der Waals surface area contributed by atoms with Crippen LogP contribution in [0.15, 0.2) is 24.3 Å². The van der Waals surface area contributed by atoms with Crippen molar-refractivity contribution in [1.29, 1.82) is 0 Å². The van der Waals surface area contributed by atoms with Crippen LogP contribution in [0.5, 0.6) is 0 Å². The molecule has 1 aromatic carbocycles. The van der Waals surface area contributed by atoms with Gasteiger partial charge in [-0.2, -0.15) is 0 Å². The smallest absolute Gasteiger partial charge is 0.253 e. The van der Waals surface area contributed by atoms with Crippen LogP contribution in [-0.4, -0.2) is 49.1 Å². The van der Waals surface area contributed by atoms with Crippen molar-refractivity contribution in [2.24, 2.45) is 5.73 Å². The Labute approximate surface area is 159 Å². The number of halogens is 1. The van der Waals surface area contributed by atoms with Crippen molar-refractivity contribution in [3.05, 3.63) is 29.8 Å². The van der Waals surface area contributed by atoms with E-state index in [1.165, 1.54) is 6.42 Å². The number of para-hydroxylation sites is 1. The molecule has 140 valence electrons. The van der Waals surface area contributed by atoms with Gasteiger partial charge >= 0.3 is 0 Å². The number of nitrogens with two attached hydrogens (primary N) is 1. The van der Waals surface area contributed by atoms with Crippen LogP contribution in [-0.2, 0) is 9.53 Å². The highest BCUT2D eigenvalue weighted by Crippen LogP contribution is 2.18. The van der Waals surface area contributed by atoms with Gasteiger partial charge in [0.1, 0.15) is 0 Å². The molecule has 2 rings (SSSR count). The first-order valence-electron chi connectivity index (χ1n) is 8.27. The van der Waals surface area contributed by atoms with Gasteiger partial charge in [-0.3, -0.25) is 9.59 Å². The van der Waals surface area contributed by atoms with Gasteiger partial charge in [-0.05, 0) is 31.4 Å². The Morgan fingerprint density at radius 2 is 2.08 bits per heavy atom.